The molecule has 2 nitrogen and oxygen atoms in total. The summed E-state index contributed by atoms with van der Waals surface area (Å²) in [5.74, 6) is 0. The van der Waals surface area contributed by atoms with Crippen LogP contribution in [0.4, 0.5) is 4.39 Å². The van der Waals surface area contributed by atoms with Crippen molar-refractivity contribution in [1.29, 1.82) is 0 Å². The van der Waals surface area contributed by atoms with Gasteiger partial charge in [0.15, 0.2) is 0 Å². The molecule has 0 heterocycles. The Bertz CT molecular complexity index is 102. The monoisotopic (exact) mass is 103 g/mol. The Morgan fingerprint density at radius 2 is 2.57 bits per heavy atom. The number of hydrogen-bond acceptors (Lipinski definition) is 2. The molecule has 0 aliphatic heterocycles. The van der Waals surface area contributed by atoms with Crippen LogP contribution in [0.2, 0.25) is 0 Å². The molecule has 3 heteroatoms. The highest BCUT2D eigenvalue weighted by Crippen LogP contribution is 2.18. The van der Waals surface area contributed by atoms with E-state index < -0.39 is 6.17 Å². The van der Waals surface area contributed by atoms with Gasteiger partial charge in [-0.1, -0.05) is 5.16 Å². The molecule has 0 aromatic carbocycles. The van der Waals surface area contributed by atoms with Crippen LogP contribution in [-0.2, 0) is 0 Å². The lowest BCUT2D eigenvalue weighted by Gasteiger charge is -2.17. The first-order valence-electron chi connectivity index (χ1n) is 2.19. The van der Waals surface area contributed by atoms with E-state index in [1.807, 2.05) is 0 Å². The van der Waals surface area contributed by atoms with Crippen LogP contribution in [0.5, 0.6) is 0 Å². The minimum atomic E-state index is -0.954. The first kappa shape index (κ1) is 4.56. The number of rotatable bonds is 0. The highest BCUT2D eigenvalue weighted by atomic mass is 19.1. The number of oxime groups is 1. The molecule has 0 aromatic rings. The third-order valence-electron chi connectivity index (χ3n) is 1.14. The topological polar surface area (TPSA) is 32.6 Å². The Labute approximate surface area is 40.6 Å². The van der Waals surface area contributed by atoms with Gasteiger partial charge in [0.2, 0.25) is 0 Å². The fourth-order valence-electron chi connectivity index (χ4n) is 0.495. The van der Waals surface area contributed by atoms with E-state index in [0.29, 0.717) is 18.6 Å². The fraction of sp³-hybridized carbons (Fsp3) is 0.750. The molecule has 1 atom stereocenters. The van der Waals surface area contributed by atoms with Gasteiger partial charge in [0, 0.05) is 0 Å². The van der Waals surface area contributed by atoms with Gasteiger partial charge in [0.05, 0.1) is 5.71 Å². The SMILES string of the molecule is ON=C1CCC1F. The third kappa shape index (κ3) is 0.577. The normalized spacial score (nSPS) is 35.6. The van der Waals surface area contributed by atoms with E-state index >= 15 is 0 Å². The zero-order valence-corrected chi connectivity index (χ0v) is 3.76. The maximum Gasteiger partial charge on any atom is 0.142 e. The molecule has 0 radical (unpaired) electrons. The van der Waals surface area contributed by atoms with Crippen LogP contribution in [0.3, 0.4) is 0 Å². The number of halogens is 1. The predicted molar refractivity (Wildman–Crippen MR) is 23.4 cm³/mol. The van der Waals surface area contributed by atoms with Crippen LogP contribution in [0, 0.1) is 0 Å². The van der Waals surface area contributed by atoms with Crippen LogP contribution in [0.25, 0.3) is 0 Å². The summed E-state index contributed by atoms with van der Waals surface area (Å²) in [5.41, 5.74) is 0.292. The van der Waals surface area contributed by atoms with Crippen molar-refractivity contribution in [2.75, 3.05) is 0 Å². The minimum Gasteiger partial charge on any atom is -0.411 e. The van der Waals surface area contributed by atoms with Crippen LogP contribution < -0.4 is 0 Å². The molecule has 40 valence electrons. The van der Waals surface area contributed by atoms with E-state index in [4.69, 9.17) is 5.21 Å². The molecule has 1 unspecified atom stereocenters. The van der Waals surface area contributed by atoms with E-state index in [0.717, 1.165) is 0 Å². The average Bonchev–Trinajstić information content (AvgIpc) is 1.65. The maximum absolute atomic E-state index is 11.9. The molecule has 1 fully saturated rings. The van der Waals surface area contributed by atoms with Crippen molar-refractivity contribution in [3.63, 3.8) is 0 Å². The summed E-state index contributed by atoms with van der Waals surface area (Å²) < 4.78 is 11.9. The van der Waals surface area contributed by atoms with Crippen LogP contribution in [0.1, 0.15) is 12.8 Å². The summed E-state index contributed by atoms with van der Waals surface area (Å²) in [6.45, 7) is 0. The molecule has 1 N–H and O–H groups in total. The second kappa shape index (κ2) is 1.48. The molecule has 1 rings (SSSR count). The van der Waals surface area contributed by atoms with Crippen molar-refractivity contribution in [2.24, 2.45) is 5.16 Å². The lowest BCUT2D eigenvalue weighted by Crippen LogP contribution is -2.26. The Morgan fingerprint density at radius 3 is 2.57 bits per heavy atom. The summed E-state index contributed by atoms with van der Waals surface area (Å²) in [7, 11) is 0. The van der Waals surface area contributed by atoms with E-state index in [2.05, 4.69) is 5.16 Å². The predicted octanol–water partition coefficient (Wildman–Crippen LogP) is 0.949. The molecule has 0 amide bonds. The second-order valence-corrected chi connectivity index (χ2v) is 1.60. The summed E-state index contributed by atoms with van der Waals surface area (Å²) in [6, 6.07) is 0. The molecule has 0 saturated heterocycles. The molecule has 1 aliphatic carbocycles. The molecule has 1 saturated carbocycles. The largest absolute Gasteiger partial charge is 0.411 e. The van der Waals surface area contributed by atoms with Gasteiger partial charge in [-0.3, -0.25) is 0 Å². The summed E-state index contributed by atoms with van der Waals surface area (Å²) in [4.78, 5) is 0. The summed E-state index contributed by atoms with van der Waals surface area (Å²) in [6.07, 6.45) is 0.196. The second-order valence-electron chi connectivity index (χ2n) is 1.60. The van der Waals surface area contributed by atoms with Crippen molar-refractivity contribution in [2.45, 2.75) is 19.0 Å². The maximum atomic E-state index is 11.9. The van der Waals surface area contributed by atoms with Gasteiger partial charge in [-0.15, -0.1) is 0 Å². The number of hydrogen-bond donors (Lipinski definition) is 1. The van der Waals surface area contributed by atoms with Gasteiger partial charge in [0.25, 0.3) is 0 Å². The minimum absolute atomic E-state index is 0.292. The lowest BCUT2D eigenvalue weighted by molar-refractivity contribution is 0.287. The molecule has 7 heavy (non-hydrogen) atoms. The van der Waals surface area contributed by atoms with Crippen LogP contribution in [0.15, 0.2) is 5.16 Å². The zero-order chi connectivity index (χ0) is 5.28. The smallest absolute Gasteiger partial charge is 0.142 e. The summed E-state index contributed by atoms with van der Waals surface area (Å²) in [5, 5.41) is 10.6. The van der Waals surface area contributed by atoms with Gasteiger partial charge < -0.3 is 5.21 Å². The standard InChI is InChI=1S/C4H6FNO/c5-3-1-2-4(3)6-7/h3,7H,1-2H2. The van der Waals surface area contributed by atoms with E-state index in [-0.39, 0.29) is 0 Å². The average molecular weight is 103 g/mol. The van der Waals surface area contributed by atoms with Crippen molar-refractivity contribution < 1.29 is 9.60 Å². The van der Waals surface area contributed by atoms with Crippen molar-refractivity contribution in [3.8, 4) is 0 Å². The van der Waals surface area contributed by atoms with Crippen LogP contribution >= 0.6 is 0 Å². The Hall–Kier alpha value is -0.600. The molecule has 0 bridgehead atoms. The van der Waals surface area contributed by atoms with E-state index in [1.54, 1.807) is 0 Å². The quantitative estimate of drug-likeness (QED) is 0.359. The van der Waals surface area contributed by atoms with Gasteiger partial charge in [-0.05, 0) is 12.8 Å². The van der Waals surface area contributed by atoms with Crippen molar-refractivity contribution in [3.05, 3.63) is 0 Å². The van der Waals surface area contributed by atoms with Crippen molar-refractivity contribution >= 4 is 5.71 Å². The molecular formula is C4H6FNO. The number of nitrogens with zero attached hydrogens (tertiary/aromatic N) is 1. The van der Waals surface area contributed by atoms with Gasteiger partial charge >= 0.3 is 0 Å². The van der Waals surface area contributed by atoms with E-state index in [9.17, 15) is 4.39 Å². The van der Waals surface area contributed by atoms with Crippen molar-refractivity contribution in [1.82, 2.24) is 0 Å². The summed E-state index contributed by atoms with van der Waals surface area (Å²) >= 11 is 0. The lowest BCUT2D eigenvalue weighted by atomic mass is 9.95. The van der Waals surface area contributed by atoms with E-state index in [1.165, 1.54) is 0 Å². The van der Waals surface area contributed by atoms with Gasteiger partial charge in [0.1, 0.15) is 6.17 Å². The molecular weight excluding hydrogens is 97.0 g/mol. The van der Waals surface area contributed by atoms with Crippen LogP contribution in [-0.4, -0.2) is 17.1 Å². The first-order valence-corrected chi connectivity index (χ1v) is 2.19. The highest BCUT2D eigenvalue weighted by Gasteiger charge is 2.25. The third-order valence-corrected chi connectivity index (χ3v) is 1.14. The Balaban J connectivity index is 2.44. The molecule has 0 aromatic heterocycles. The Kier molecular flexibility index (Phi) is 0.964. The van der Waals surface area contributed by atoms with Gasteiger partial charge in [-0.25, -0.2) is 4.39 Å². The zero-order valence-electron chi connectivity index (χ0n) is 3.76. The number of alkyl halides is 1. The molecule has 0 spiro atoms. The fourth-order valence-corrected chi connectivity index (χ4v) is 0.495. The highest BCUT2D eigenvalue weighted by molar-refractivity contribution is 5.93. The Morgan fingerprint density at radius 1 is 1.86 bits per heavy atom. The first-order chi connectivity index (χ1) is 3.34. The van der Waals surface area contributed by atoms with Gasteiger partial charge in [-0.2, -0.15) is 0 Å². The molecule has 1 aliphatic rings.